The highest BCUT2D eigenvalue weighted by molar-refractivity contribution is 5.92. The number of hydrogen-bond acceptors (Lipinski definition) is 4. The quantitative estimate of drug-likeness (QED) is 0.710. The van der Waals surface area contributed by atoms with Gasteiger partial charge in [0, 0.05) is 0 Å². The molecule has 0 heterocycles. The molecule has 2 unspecified atom stereocenters. The van der Waals surface area contributed by atoms with Crippen LogP contribution < -0.4 is 10.1 Å². The number of rotatable bonds is 8. The van der Waals surface area contributed by atoms with Crippen molar-refractivity contribution in [3.63, 3.8) is 0 Å². The van der Waals surface area contributed by atoms with Gasteiger partial charge in [-0.25, -0.2) is 4.79 Å². The van der Waals surface area contributed by atoms with Gasteiger partial charge < -0.3 is 14.8 Å². The molecule has 0 spiro atoms. The molecule has 0 bridgehead atoms. The molecule has 0 aliphatic heterocycles. The van der Waals surface area contributed by atoms with Crippen LogP contribution in [-0.4, -0.2) is 24.6 Å². The maximum Gasteiger partial charge on any atom is 0.339 e. The van der Waals surface area contributed by atoms with Gasteiger partial charge in [-0.1, -0.05) is 50.2 Å². The Hall–Kier alpha value is -2.82. The highest BCUT2D eigenvalue weighted by Crippen LogP contribution is 2.16. The van der Waals surface area contributed by atoms with Crippen molar-refractivity contribution in [2.75, 3.05) is 6.61 Å². The van der Waals surface area contributed by atoms with E-state index in [1.54, 1.807) is 31.2 Å². The molecule has 1 N–H and O–H groups in total. The molecule has 0 aliphatic rings. The minimum absolute atomic E-state index is 0.174. The molecule has 2 atom stereocenters. The van der Waals surface area contributed by atoms with Crippen LogP contribution in [0.15, 0.2) is 54.6 Å². The van der Waals surface area contributed by atoms with Crippen molar-refractivity contribution >= 4 is 11.9 Å². The minimum Gasteiger partial charge on any atom is -0.493 e. The first kappa shape index (κ1) is 20.5. The van der Waals surface area contributed by atoms with Crippen LogP contribution >= 0.6 is 0 Å². The molecule has 2 aromatic carbocycles. The van der Waals surface area contributed by atoms with Crippen LogP contribution in [0.1, 0.15) is 49.7 Å². The average molecular weight is 369 g/mol. The van der Waals surface area contributed by atoms with Gasteiger partial charge in [-0.3, -0.25) is 4.79 Å². The molecular formula is C22H27NO4. The molecule has 0 aromatic heterocycles. The molecule has 1 amide bonds. The van der Waals surface area contributed by atoms with E-state index in [4.69, 9.17) is 9.47 Å². The predicted molar refractivity (Wildman–Crippen MR) is 105 cm³/mol. The Labute approximate surface area is 160 Å². The highest BCUT2D eigenvalue weighted by atomic mass is 16.5. The lowest BCUT2D eigenvalue weighted by molar-refractivity contribution is -0.129. The Balaban J connectivity index is 1.92. The van der Waals surface area contributed by atoms with E-state index in [1.165, 1.54) is 0 Å². The van der Waals surface area contributed by atoms with E-state index in [2.05, 4.69) is 19.2 Å². The van der Waals surface area contributed by atoms with Crippen LogP contribution in [0.4, 0.5) is 0 Å². The summed E-state index contributed by atoms with van der Waals surface area (Å²) < 4.78 is 10.9. The highest BCUT2D eigenvalue weighted by Gasteiger charge is 2.21. The van der Waals surface area contributed by atoms with Crippen molar-refractivity contribution < 1.29 is 19.1 Å². The Bertz CT molecular complexity index is 758. The summed E-state index contributed by atoms with van der Waals surface area (Å²) in [6, 6.07) is 16.2. The summed E-state index contributed by atoms with van der Waals surface area (Å²) in [6.07, 6.45) is -0.899. The number of benzene rings is 2. The number of carbonyl (C=O) groups is 2. The van der Waals surface area contributed by atoms with Crippen molar-refractivity contribution in [2.24, 2.45) is 5.92 Å². The predicted octanol–water partition coefficient (Wildman–Crippen LogP) is 4.14. The lowest BCUT2D eigenvalue weighted by Gasteiger charge is -2.18. The number of esters is 1. The van der Waals surface area contributed by atoms with Gasteiger partial charge in [-0.15, -0.1) is 0 Å². The first-order valence-electron chi connectivity index (χ1n) is 9.16. The number of carbonyl (C=O) groups excluding carboxylic acids is 2. The zero-order valence-corrected chi connectivity index (χ0v) is 16.3. The Morgan fingerprint density at radius 1 is 0.963 bits per heavy atom. The second-order valence-corrected chi connectivity index (χ2v) is 6.92. The smallest absolute Gasteiger partial charge is 0.339 e. The van der Waals surface area contributed by atoms with Gasteiger partial charge in [0.05, 0.1) is 18.2 Å². The second-order valence-electron chi connectivity index (χ2n) is 6.92. The SMILES string of the molecule is CC(C)COc1cccc(C(=O)OC(C)C(=O)NC(C)c2ccccc2)c1. The monoisotopic (exact) mass is 369 g/mol. The van der Waals surface area contributed by atoms with E-state index in [0.717, 1.165) is 5.56 Å². The third-order valence-electron chi connectivity index (χ3n) is 3.96. The van der Waals surface area contributed by atoms with Crippen molar-refractivity contribution in [3.8, 4) is 5.75 Å². The maximum atomic E-state index is 12.3. The van der Waals surface area contributed by atoms with Crippen LogP contribution in [0.5, 0.6) is 5.75 Å². The summed E-state index contributed by atoms with van der Waals surface area (Å²) in [4.78, 5) is 24.7. The van der Waals surface area contributed by atoms with Gasteiger partial charge in [0.25, 0.3) is 5.91 Å². The molecule has 144 valence electrons. The number of amides is 1. The fraction of sp³-hybridized carbons (Fsp3) is 0.364. The molecule has 5 heteroatoms. The summed E-state index contributed by atoms with van der Waals surface area (Å²) in [6.45, 7) is 8.11. The van der Waals surface area contributed by atoms with Crippen LogP contribution in [0, 0.1) is 5.92 Å². The lowest BCUT2D eigenvalue weighted by atomic mass is 10.1. The van der Waals surface area contributed by atoms with Gasteiger partial charge in [0.2, 0.25) is 0 Å². The summed E-state index contributed by atoms with van der Waals surface area (Å²) >= 11 is 0. The molecule has 2 aromatic rings. The number of hydrogen-bond donors (Lipinski definition) is 1. The van der Waals surface area contributed by atoms with Crippen LogP contribution in [0.25, 0.3) is 0 Å². The van der Waals surface area contributed by atoms with Gasteiger partial charge in [0.15, 0.2) is 6.10 Å². The molecule has 27 heavy (non-hydrogen) atoms. The standard InChI is InChI=1S/C22H27NO4/c1-15(2)14-26-20-12-8-11-19(13-20)22(25)27-17(4)21(24)23-16(3)18-9-6-5-7-10-18/h5-13,15-17H,14H2,1-4H3,(H,23,24). The summed E-state index contributed by atoms with van der Waals surface area (Å²) in [5, 5.41) is 2.86. The van der Waals surface area contributed by atoms with E-state index in [9.17, 15) is 9.59 Å². The third kappa shape index (κ3) is 6.44. The van der Waals surface area contributed by atoms with E-state index >= 15 is 0 Å². The average Bonchev–Trinajstić information content (AvgIpc) is 2.67. The molecule has 0 aliphatic carbocycles. The topological polar surface area (TPSA) is 64.6 Å². The van der Waals surface area contributed by atoms with Gasteiger partial charge >= 0.3 is 5.97 Å². The number of ether oxygens (including phenoxy) is 2. The second kappa shape index (κ2) is 9.76. The van der Waals surface area contributed by atoms with Crippen molar-refractivity contribution in [1.29, 1.82) is 0 Å². The normalized spacial score (nSPS) is 12.9. The van der Waals surface area contributed by atoms with E-state index in [-0.39, 0.29) is 11.9 Å². The zero-order valence-electron chi connectivity index (χ0n) is 16.3. The van der Waals surface area contributed by atoms with Gasteiger partial charge in [-0.05, 0) is 43.5 Å². The fourth-order valence-electron chi connectivity index (χ4n) is 2.41. The van der Waals surface area contributed by atoms with E-state index in [1.807, 2.05) is 37.3 Å². The summed E-state index contributed by atoms with van der Waals surface area (Å²) in [7, 11) is 0. The van der Waals surface area contributed by atoms with Crippen molar-refractivity contribution in [2.45, 2.75) is 39.8 Å². The fourth-order valence-corrected chi connectivity index (χ4v) is 2.41. The largest absolute Gasteiger partial charge is 0.493 e. The molecular weight excluding hydrogens is 342 g/mol. The van der Waals surface area contributed by atoms with Crippen molar-refractivity contribution in [3.05, 3.63) is 65.7 Å². The Morgan fingerprint density at radius 3 is 2.33 bits per heavy atom. The van der Waals surface area contributed by atoms with Crippen LogP contribution in [-0.2, 0) is 9.53 Å². The molecule has 0 saturated carbocycles. The zero-order chi connectivity index (χ0) is 19.8. The van der Waals surface area contributed by atoms with Gasteiger partial charge in [-0.2, -0.15) is 0 Å². The lowest BCUT2D eigenvalue weighted by Crippen LogP contribution is -2.37. The first-order chi connectivity index (χ1) is 12.9. The maximum absolute atomic E-state index is 12.3. The molecule has 5 nitrogen and oxygen atoms in total. The van der Waals surface area contributed by atoms with E-state index < -0.39 is 12.1 Å². The first-order valence-corrected chi connectivity index (χ1v) is 9.16. The Kier molecular flexibility index (Phi) is 7.41. The number of nitrogens with one attached hydrogen (secondary N) is 1. The van der Waals surface area contributed by atoms with Crippen LogP contribution in [0.2, 0.25) is 0 Å². The Morgan fingerprint density at radius 2 is 1.67 bits per heavy atom. The van der Waals surface area contributed by atoms with Gasteiger partial charge in [0.1, 0.15) is 5.75 Å². The minimum atomic E-state index is -0.899. The third-order valence-corrected chi connectivity index (χ3v) is 3.96. The van der Waals surface area contributed by atoms with Crippen molar-refractivity contribution in [1.82, 2.24) is 5.32 Å². The summed E-state index contributed by atoms with van der Waals surface area (Å²) in [5.74, 6) is 0.0933. The molecule has 0 radical (unpaired) electrons. The summed E-state index contributed by atoms with van der Waals surface area (Å²) in [5.41, 5.74) is 1.34. The van der Waals surface area contributed by atoms with Crippen LogP contribution in [0.3, 0.4) is 0 Å². The molecule has 0 fully saturated rings. The van der Waals surface area contributed by atoms with E-state index in [0.29, 0.717) is 23.8 Å². The molecule has 2 rings (SSSR count). The molecule has 0 saturated heterocycles.